The van der Waals surface area contributed by atoms with Crippen LogP contribution in [0, 0.1) is 0 Å². The van der Waals surface area contributed by atoms with Crippen LogP contribution in [-0.2, 0) is 19.9 Å². The molecule has 1 fully saturated rings. The molecule has 140 valence electrons. The zero-order valence-corrected chi connectivity index (χ0v) is 16.2. The Hall–Kier alpha value is -1.81. The molecule has 0 aliphatic carbocycles. The molecular formula is C15H22N2O6S2. The van der Waals surface area contributed by atoms with Gasteiger partial charge < -0.3 is 9.47 Å². The summed E-state index contributed by atoms with van der Waals surface area (Å²) in [6, 6.07) is 3.65. The number of sulfonamides is 1. The lowest BCUT2D eigenvalue weighted by molar-refractivity contribution is 0.348. The summed E-state index contributed by atoms with van der Waals surface area (Å²) in [5, 5.41) is 4.10. The molecule has 0 radical (unpaired) electrons. The van der Waals surface area contributed by atoms with Crippen LogP contribution in [0.1, 0.15) is 20.3 Å². The van der Waals surface area contributed by atoms with Gasteiger partial charge in [-0.3, -0.25) is 0 Å². The summed E-state index contributed by atoms with van der Waals surface area (Å²) in [5.74, 6) is 0.165. The first-order chi connectivity index (χ1) is 11.6. The van der Waals surface area contributed by atoms with Crippen molar-refractivity contribution in [2.24, 2.45) is 5.10 Å². The van der Waals surface area contributed by atoms with Gasteiger partial charge in [0.15, 0.2) is 9.84 Å². The van der Waals surface area contributed by atoms with E-state index in [0.717, 1.165) is 4.41 Å². The van der Waals surface area contributed by atoms with Crippen LogP contribution >= 0.6 is 0 Å². The second kappa shape index (κ2) is 7.20. The molecule has 0 amide bonds. The number of nitrogens with zero attached hydrogens (tertiary/aromatic N) is 2. The van der Waals surface area contributed by atoms with Gasteiger partial charge >= 0.3 is 0 Å². The normalized spacial score (nSPS) is 19.3. The quantitative estimate of drug-likeness (QED) is 0.535. The molecule has 1 aromatic rings. The SMILES string of the molecule is COc1ccc(OC)c(S(=O)(=O)N(N=C(C)C)[C@@H]2CCS(=O)(=O)C2)c1. The molecule has 1 saturated heterocycles. The predicted molar refractivity (Wildman–Crippen MR) is 94.4 cm³/mol. The lowest BCUT2D eigenvalue weighted by Gasteiger charge is -2.26. The van der Waals surface area contributed by atoms with E-state index in [4.69, 9.17) is 9.47 Å². The summed E-state index contributed by atoms with van der Waals surface area (Å²) < 4.78 is 61.2. The third-order valence-corrected chi connectivity index (χ3v) is 7.21. The monoisotopic (exact) mass is 390 g/mol. The Morgan fingerprint density at radius 1 is 1.24 bits per heavy atom. The zero-order valence-electron chi connectivity index (χ0n) is 14.6. The van der Waals surface area contributed by atoms with Gasteiger partial charge in [-0.1, -0.05) is 0 Å². The van der Waals surface area contributed by atoms with Gasteiger partial charge in [0.05, 0.1) is 31.8 Å². The smallest absolute Gasteiger partial charge is 0.283 e. The number of rotatable bonds is 6. The van der Waals surface area contributed by atoms with Crippen LogP contribution in [0.2, 0.25) is 0 Å². The molecule has 1 aliphatic heterocycles. The first kappa shape index (κ1) is 19.5. The lowest BCUT2D eigenvalue weighted by Crippen LogP contribution is -2.37. The molecule has 1 heterocycles. The van der Waals surface area contributed by atoms with E-state index in [9.17, 15) is 16.8 Å². The fraction of sp³-hybridized carbons (Fsp3) is 0.533. The summed E-state index contributed by atoms with van der Waals surface area (Å²) in [4.78, 5) is -0.122. The largest absolute Gasteiger partial charge is 0.497 e. The Kier molecular flexibility index (Phi) is 5.62. The maximum Gasteiger partial charge on any atom is 0.283 e. The highest BCUT2D eigenvalue weighted by molar-refractivity contribution is 7.92. The first-order valence-corrected chi connectivity index (χ1v) is 10.9. The van der Waals surface area contributed by atoms with E-state index in [1.165, 1.54) is 26.4 Å². The van der Waals surface area contributed by atoms with Crippen molar-refractivity contribution in [2.75, 3.05) is 25.7 Å². The molecule has 1 aliphatic rings. The van der Waals surface area contributed by atoms with E-state index in [2.05, 4.69) is 5.10 Å². The number of sulfone groups is 1. The molecule has 0 unspecified atom stereocenters. The Morgan fingerprint density at radius 3 is 2.40 bits per heavy atom. The molecule has 8 nitrogen and oxygen atoms in total. The third-order valence-electron chi connectivity index (χ3n) is 3.71. The number of ether oxygens (including phenoxy) is 2. The fourth-order valence-corrected chi connectivity index (χ4v) is 6.07. The Bertz CT molecular complexity index is 873. The minimum Gasteiger partial charge on any atom is -0.497 e. The van der Waals surface area contributed by atoms with Crippen LogP contribution in [0.25, 0.3) is 0 Å². The first-order valence-electron chi connectivity index (χ1n) is 7.59. The fourth-order valence-electron chi connectivity index (χ4n) is 2.56. The van der Waals surface area contributed by atoms with Gasteiger partial charge in [-0.15, -0.1) is 0 Å². The highest BCUT2D eigenvalue weighted by atomic mass is 32.2. The van der Waals surface area contributed by atoms with Crippen LogP contribution in [0.15, 0.2) is 28.2 Å². The van der Waals surface area contributed by atoms with Gasteiger partial charge in [-0.05, 0) is 32.4 Å². The van der Waals surface area contributed by atoms with Crippen LogP contribution in [0.4, 0.5) is 0 Å². The molecule has 0 N–H and O–H groups in total. The van der Waals surface area contributed by atoms with Gasteiger partial charge in [0.2, 0.25) is 0 Å². The summed E-state index contributed by atoms with van der Waals surface area (Å²) in [6.45, 7) is 3.30. The number of methoxy groups -OCH3 is 2. The second-order valence-corrected chi connectivity index (χ2v) is 9.89. The molecule has 0 spiro atoms. The topological polar surface area (TPSA) is 102 Å². The predicted octanol–water partition coefficient (Wildman–Crippen LogP) is 1.28. The Labute approximate surface area is 148 Å². The Balaban J connectivity index is 2.58. The maximum atomic E-state index is 13.2. The van der Waals surface area contributed by atoms with Crippen LogP contribution < -0.4 is 9.47 Å². The molecule has 10 heteroatoms. The van der Waals surface area contributed by atoms with Gasteiger partial charge in [0.25, 0.3) is 10.0 Å². The number of hydrogen-bond donors (Lipinski definition) is 0. The molecule has 25 heavy (non-hydrogen) atoms. The van der Waals surface area contributed by atoms with Crippen molar-refractivity contribution in [1.29, 1.82) is 0 Å². The molecular weight excluding hydrogens is 368 g/mol. The minimum absolute atomic E-state index is 0.0583. The van der Waals surface area contributed by atoms with E-state index in [-0.39, 0.29) is 28.6 Å². The Morgan fingerprint density at radius 2 is 1.92 bits per heavy atom. The van der Waals surface area contributed by atoms with Crippen LogP contribution in [-0.4, -0.2) is 58.7 Å². The van der Waals surface area contributed by atoms with Gasteiger partial charge in [0, 0.05) is 11.8 Å². The molecule has 1 aromatic carbocycles. The van der Waals surface area contributed by atoms with Crippen LogP contribution in [0.3, 0.4) is 0 Å². The van der Waals surface area contributed by atoms with Crippen molar-refractivity contribution < 1.29 is 26.3 Å². The second-order valence-electron chi connectivity index (χ2n) is 5.90. The molecule has 0 bridgehead atoms. The average Bonchev–Trinajstić information content (AvgIpc) is 2.91. The molecule has 1 atom stereocenters. The van der Waals surface area contributed by atoms with E-state index < -0.39 is 25.9 Å². The third kappa shape index (κ3) is 4.24. The van der Waals surface area contributed by atoms with Crippen molar-refractivity contribution in [2.45, 2.75) is 31.2 Å². The minimum atomic E-state index is -4.13. The van der Waals surface area contributed by atoms with Crippen molar-refractivity contribution in [3.05, 3.63) is 18.2 Å². The lowest BCUT2D eigenvalue weighted by atomic mass is 10.3. The number of hydrogen-bond acceptors (Lipinski definition) is 7. The van der Waals surface area contributed by atoms with Crippen molar-refractivity contribution in [3.63, 3.8) is 0 Å². The molecule has 2 rings (SSSR count). The van der Waals surface area contributed by atoms with Gasteiger partial charge in [0.1, 0.15) is 16.4 Å². The highest BCUT2D eigenvalue weighted by Crippen LogP contribution is 2.33. The summed E-state index contributed by atoms with van der Waals surface area (Å²) in [7, 11) is -4.62. The number of hydrazone groups is 1. The van der Waals surface area contributed by atoms with Crippen molar-refractivity contribution in [1.82, 2.24) is 4.41 Å². The zero-order chi connectivity index (χ0) is 18.8. The van der Waals surface area contributed by atoms with Crippen LogP contribution in [0.5, 0.6) is 11.5 Å². The number of benzene rings is 1. The summed E-state index contributed by atoms with van der Waals surface area (Å²) in [5.41, 5.74) is 0.495. The average molecular weight is 390 g/mol. The molecule has 0 saturated carbocycles. The van der Waals surface area contributed by atoms with E-state index >= 15 is 0 Å². The maximum absolute atomic E-state index is 13.2. The van der Waals surface area contributed by atoms with E-state index in [0.29, 0.717) is 11.5 Å². The van der Waals surface area contributed by atoms with Gasteiger partial charge in [-0.2, -0.15) is 17.9 Å². The van der Waals surface area contributed by atoms with Crippen molar-refractivity contribution >= 4 is 25.6 Å². The van der Waals surface area contributed by atoms with E-state index in [1.54, 1.807) is 19.9 Å². The highest BCUT2D eigenvalue weighted by Gasteiger charge is 2.39. The standard InChI is InChI=1S/C15H22N2O6S2/c1-11(2)16-17(12-7-8-24(18,19)10-12)25(20,21)15-9-13(22-3)5-6-14(15)23-4/h5-6,9,12H,7-8,10H2,1-4H3/t12-/m1/s1. The summed E-state index contributed by atoms with van der Waals surface area (Å²) >= 11 is 0. The van der Waals surface area contributed by atoms with Crippen molar-refractivity contribution in [3.8, 4) is 11.5 Å². The summed E-state index contributed by atoms with van der Waals surface area (Å²) in [6.07, 6.45) is 0.199. The van der Waals surface area contributed by atoms with Gasteiger partial charge in [-0.25, -0.2) is 8.42 Å². The molecule has 0 aromatic heterocycles. The van der Waals surface area contributed by atoms with E-state index in [1.807, 2.05) is 0 Å².